The molecule has 1 aliphatic heterocycles. The van der Waals surface area contributed by atoms with Crippen molar-refractivity contribution in [1.82, 2.24) is 9.80 Å². The van der Waals surface area contributed by atoms with Gasteiger partial charge in [0.1, 0.15) is 0 Å². The average Bonchev–Trinajstić information content (AvgIpc) is 2.39. The lowest BCUT2D eigenvalue weighted by Crippen LogP contribution is -2.47. The molecule has 1 atom stereocenters. The summed E-state index contributed by atoms with van der Waals surface area (Å²) in [6.07, 6.45) is 5.21. The lowest BCUT2D eigenvalue weighted by Gasteiger charge is -2.35. The lowest BCUT2D eigenvalue weighted by molar-refractivity contribution is 0.119. The Labute approximate surface area is 120 Å². The van der Waals surface area contributed by atoms with Crippen LogP contribution < -0.4 is 5.73 Å². The normalized spacial score (nSPS) is 20.1. The number of rotatable bonds is 9. The van der Waals surface area contributed by atoms with Gasteiger partial charge in [-0.1, -0.05) is 27.2 Å². The fraction of sp³-hybridized carbons (Fsp3) is 1.00. The third-order valence-corrected chi connectivity index (χ3v) is 4.33. The first-order valence-electron chi connectivity index (χ1n) is 8.30. The van der Waals surface area contributed by atoms with Crippen LogP contribution in [0.3, 0.4) is 0 Å². The summed E-state index contributed by atoms with van der Waals surface area (Å²) in [7, 11) is 0. The fourth-order valence-electron chi connectivity index (χ4n) is 3.10. The van der Waals surface area contributed by atoms with Crippen molar-refractivity contribution < 1.29 is 0 Å². The number of nitrogens with zero attached hydrogens (tertiary/aromatic N) is 2. The molecule has 0 aromatic rings. The molecule has 19 heavy (non-hydrogen) atoms. The number of hydrogen-bond donors (Lipinski definition) is 1. The van der Waals surface area contributed by atoms with Gasteiger partial charge in [-0.25, -0.2) is 0 Å². The van der Waals surface area contributed by atoms with Gasteiger partial charge in [0.25, 0.3) is 0 Å². The maximum absolute atomic E-state index is 5.66. The van der Waals surface area contributed by atoms with E-state index < -0.39 is 0 Å². The van der Waals surface area contributed by atoms with Gasteiger partial charge >= 0.3 is 0 Å². The first-order valence-corrected chi connectivity index (χ1v) is 8.30. The van der Waals surface area contributed by atoms with E-state index in [1.54, 1.807) is 0 Å². The zero-order valence-corrected chi connectivity index (χ0v) is 13.4. The van der Waals surface area contributed by atoms with Crippen molar-refractivity contribution in [1.29, 1.82) is 0 Å². The third kappa shape index (κ3) is 7.28. The zero-order chi connectivity index (χ0) is 14.1. The van der Waals surface area contributed by atoms with Crippen molar-refractivity contribution >= 4 is 0 Å². The summed E-state index contributed by atoms with van der Waals surface area (Å²) >= 11 is 0. The Kier molecular flexibility index (Phi) is 8.67. The van der Waals surface area contributed by atoms with Crippen LogP contribution in [0.4, 0.5) is 0 Å². The molecule has 3 nitrogen and oxygen atoms in total. The van der Waals surface area contributed by atoms with Gasteiger partial charge in [0.2, 0.25) is 0 Å². The molecule has 0 aliphatic carbocycles. The minimum Gasteiger partial charge on any atom is -0.330 e. The Morgan fingerprint density at radius 1 is 1.00 bits per heavy atom. The van der Waals surface area contributed by atoms with Gasteiger partial charge in [0, 0.05) is 32.7 Å². The molecular formula is C16H35N3. The van der Waals surface area contributed by atoms with Crippen LogP contribution in [-0.4, -0.2) is 55.6 Å². The van der Waals surface area contributed by atoms with Gasteiger partial charge in [-0.15, -0.1) is 0 Å². The molecule has 1 saturated heterocycles. The smallest absolute Gasteiger partial charge is 0.0110 e. The standard InChI is InChI=1S/C16H35N3/c1-4-16(7-8-17)6-5-9-18-10-12-19(13-11-18)14-15(2)3/h15-16H,4-14,17H2,1-3H3. The number of piperazine rings is 1. The van der Waals surface area contributed by atoms with E-state index in [9.17, 15) is 0 Å². The van der Waals surface area contributed by atoms with Crippen LogP contribution in [0, 0.1) is 11.8 Å². The summed E-state index contributed by atoms with van der Waals surface area (Å²) in [5, 5.41) is 0. The van der Waals surface area contributed by atoms with Gasteiger partial charge in [0.15, 0.2) is 0 Å². The maximum Gasteiger partial charge on any atom is 0.0110 e. The minimum absolute atomic E-state index is 0.799. The molecule has 1 fully saturated rings. The summed E-state index contributed by atoms with van der Waals surface area (Å²) in [4.78, 5) is 5.26. The summed E-state index contributed by atoms with van der Waals surface area (Å²) in [6, 6.07) is 0. The molecule has 3 heteroatoms. The predicted molar refractivity (Wildman–Crippen MR) is 84.4 cm³/mol. The average molecular weight is 269 g/mol. The molecule has 0 bridgehead atoms. The molecule has 0 aromatic carbocycles. The van der Waals surface area contributed by atoms with Crippen LogP contribution in [0.1, 0.15) is 46.5 Å². The van der Waals surface area contributed by atoms with Gasteiger partial charge in [-0.2, -0.15) is 0 Å². The zero-order valence-electron chi connectivity index (χ0n) is 13.4. The first kappa shape index (κ1) is 16.9. The van der Waals surface area contributed by atoms with E-state index in [-0.39, 0.29) is 0 Å². The number of nitrogens with two attached hydrogens (primary N) is 1. The van der Waals surface area contributed by atoms with Crippen molar-refractivity contribution in [3.63, 3.8) is 0 Å². The van der Waals surface area contributed by atoms with Crippen molar-refractivity contribution in [3.05, 3.63) is 0 Å². The van der Waals surface area contributed by atoms with E-state index in [2.05, 4.69) is 30.6 Å². The van der Waals surface area contributed by atoms with E-state index in [1.807, 2.05) is 0 Å². The maximum atomic E-state index is 5.66. The molecular weight excluding hydrogens is 234 g/mol. The molecule has 2 N–H and O–H groups in total. The number of hydrogen-bond acceptors (Lipinski definition) is 3. The molecule has 1 heterocycles. The van der Waals surface area contributed by atoms with Crippen molar-refractivity contribution in [2.45, 2.75) is 46.5 Å². The van der Waals surface area contributed by atoms with Crippen molar-refractivity contribution in [2.24, 2.45) is 17.6 Å². The van der Waals surface area contributed by atoms with Gasteiger partial charge in [-0.3, -0.25) is 0 Å². The molecule has 0 saturated carbocycles. The lowest BCUT2D eigenvalue weighted by atomic mass is 9.96. The van der Waals surface area contributed by atoms with Crippen LogP contribution in [0.2, 0.25) is 0 Å². The molecule has 114 valence electrons. The Hall–Kier alpha value is -0.120. The van der Waals surface area contributed by atoms with Crippen LogP contribution >= 0.6 is 0 Å². The van der Waals surface area contributed by atoms with Crippen LogP contribution in [0.25, 0.3) is 0 Å². The minimum atomic E-state index is 0.799. The van der Waals surface area contributed by atoms with Crippen LogP contribution in [0.15, 0.2) is 0 Å². The van der Waals surface area contributed by atoms with E-state index in [0.29, 0.717) is 0 Å². The van der Waals surface area contributed by atoms with Crippen molar-refractivity contribution in [2.75, 3.05) is 45.8 Å². The molecule has 0 spiro atoms. The van der Waals surface area contributed by atoms with Crippen molar-refractivity contribution in [3.8, 4) is 0 Å². The Bertz CT molecular complexity index is 210. The molecule has 0 radical (unpaired) electrons. The Balaban J connectivity index is 2.09. The van der Waals surface area contributed by atoms with Gasteiger partial charge in [0.05, 0.1) is 0 Å². The van der Waals surface area contributed by atoms with E-state index in [1.165, 1.54) is 65.0 Å². The SMILES string of the molecule is CCC(CCN)CCCN1CCN(CC(C)C)CC1. The second-order valence-electron chi connectivity index (χ2n) is 6.53. The monoisotopic (exact) mass is 269 g/mol. The highest BCUT2D eigenvalue weighted by molar-refractivity contribution is 4.73. The highest BCUT2D eigenvalue weighted by atomic mass is 15.3. The molecule has 1 rings (SSSR count). The molecule has 0 amide bonds. The second-order valence-corrected chi connectivity index (χ2v) is 6.53. The van der Waals surface area contributed by atoms with Gasteiger partial charge < -0.3 is 15.5 Å². The highest BCUT2D eigenvalue weighted by Crippen LogP contribution is 2.15. The first-order chi connectivity index (χ1) is 9.15. The van der Waals surface area contributed by atoms with Gasteiger partial charge in [-0.05, 0) is 44.2 Å². The van der Waals surface area contributed by atoms with E-state index in [0.717, 1.165) is 18.4 Å². The topological polar surface area (TPSA) is 32.5 Å². The predicted octanol–water partition coefficient (Wildman–Crippen LogP) is 2.42. The summed E-state index contributed by atoms with van der Waals surface area (Å²) in [6.45, 7) is 15.4. The van der Waals surface area contributed by atoms with E-state index >= 15 is 0 Å². The Morgan fingerprint density at radius 2 is 1.63 bits per heavy atom. The Morgan fingerprint density at radius 3 is 2.16 bits per heavy atom. The summed E-state index contributed by atoms with van der Waals surface area (Å²) in [5.74, 6) is 1.65. The molecule has 0 aromatic heterocycles. The summed E-state index contributed by atoms with van der Waals surface area (Å²) in [5.41, 5.74) is 5.66. The largest absolute Gasteiger partial charge is 0.330 e. The quantitative estimate of drug-likeness (QED) is 0.698. The van der Waals surface area contributed by atoms with Crippen LogP contribution in [-0.2, 0) is 0 Å². The highest BCUT2D eigenvalue weighted by Gasteiger charge is 2.17. The van der Waals surface area contributed by atoms with E-state index in [4.69, 9.17) is 5.73 Å². The molecule has 1 aliphatic rings. The molecule has 1 unspecified atom stereocenters. The fourth-order valence-corrected chi connectivity index (χ4v) is 3.10. The second kappa shape index (κ2) is 9.73. The van der Waals surface area contributed by atoms with Crippen LogP contribution in [0.5, 0.6) is 0 Å². The summed E-state index contributed by atoms with van der Waals surface area (Å²) < 4.78 is 0. The third-order valence-electron chi connectivity index (χ3n) is 4.33.